The second-order valence-corrected chi connectivity index (χ2v) is 15.0. The molecule has 0 aliphatic heterocycles. The summed E-state index contributed by atoms with van der Waals surface area (Å²) in [5, 5.41) is 5.19. The number of rotatable bonds is 15. The van der Waals surface area contributed by atoms with Crippen LogP contribution < -0.4 is 40.2 Å². The largest absolute Gasteiger partial charge is 0.494 e. The summed E-state index contributed by atoms with van der Waals surface area (Å²) in [5.41, 5.74) is 0.652. The summed E-state index contributed by atoms with van der Waals surface area (Å²) >= 11 is 0. The molecule has 0 spiro atoms. The first kappa shape index (κ1) is 31.9. The lowest BCUT2D eigenvalue weighted by atomic mass is 10.3. The third-order valence-corrected chi connectivity index (χ3v) is 13.5. The Morgan fingerprint density at radius 2 is 0.810 bits per heavy atom. The summed E-state index contributed by atoms with van der Waals surface area (Å²) in [4.78, 5) is 0. The quantitative estimate of drug-likeness (QED) is 0.131. The lowest BCUT2D eigenvalue weighted by Gasteiger charge is -2.36. The predicted molar refractivity (Wildman–Crippen MR) is 182 cm³/mol. The molecule has 4 aromatic carbocycles. The summed E-state index contributed by atoms with van der Waals surface area (Å²) in [6, 6.07) is 34.6. The van der Waals surface area contributed by atoms with Crippen molar-refractivity contribution in [2.24, 2.45) is 0 Å². The van der Waals surface area contributed by atoms with Crippen molar-refractivity contribution in [3.05, 3.63) is 97.1 Å². The lowest BCUT2D eigenvalue weighted by Crippen LogP contribution is -2.32. The molecule has 222 valence electrons. The van der Waals surface area contributed by atoms with E-state index in [4.69, 9.17) is 18.9 Å². The zero-order valence-electron chi connectivity index (χ0n) is 25.7. The molecule has 2 atom stereocenters. The Labute approximate surface area is 254 Å². The molecule has 0 amide bonds. The number of hydrogen-bond donors (Lipinski definition) is 0. The maximum Gasteiger partial charge on any atom is 0.127 e. The second kappa shape index (κ2) is 16.0. The van der Waals surface area contributed by atoms with E-state index >= 15 is 0 Å². The van der Waals surface area contributed by atoms with E-state index in [1.807, 2.05) is 13.8 Å². The summed E-state index contributed by atoms with van der Waals surface area (Å²) in [5.74, 6) is 3.73. The molecule has 2 unspecified atom stereocenters. The van der Waals surface area contributed by atoms with Gasteiger partial charge in [-0.3, -0.25) is 0 Å². The van der Waals surface area contributed by atoms with Crippen LogP contribution in [-0.4, -0.2) is 37.7 Å². The summed E-state index contributed by atoms with van der Waals surface area (Å²) in [6.07, 6.45) is 0. The SMILES string of the molecule is CCOc1ccc(P(c2ccc(OCC)cc2)C(C)C(C)P(c2ccccc2OCC)c2ccccc2OCC)cc1. The van der Waals surface area contributed by atoms with E-state index in [-0.39, 0.29) is 0 Å². The van der Waals surface area contributed by atoms with E-state index in [1.54, 1.807) is 0 Å². The Morgan fingerprint density at radius 1 is 0.452 bits per heavy atom. The van der Waals surface area contributed by atoms with Gasteiger partial charge in [0.05, 0.1) is 26.4 Å². The van der Waals surface area contributed by atoms with E-state index in [2.05, 4.69) is 125 Å². The van der Waals surface area contributed by atoms with E-state index in [0.717, 1.165) is 23.0 Å². The van der Waals surface area contributed by atoms with Gasteiger partial charge in [-0.15, -0.1) is 0 Å². The minimum absolute atomic E-state index is 0.312. The number of ether oxygens (including phenoxy) is 4. The van der Waals surface area contributed by atoms with Crippen molar-refractivity contribution < 1.29 is 18.9 Å². The van der Waals surface area contributed by atoms with E-state index in [0.29, 0.717) is 37.7 Å². The van der Waals surface area contributed by atoms with Crippen molar-refractivity contribution >= 4 is 37.1 Å². The maximum absolute atomic E-state index is 6.22. The van der Waals surface area contributed by atoms with Gasteiger partial charge in [0.25, 0.3) is 0 Å². The molecular weight excluding hydrogens is 558 g/mol. The molecule has 0 aliphatic rings. The van der Waals surface area contributed by atoms with E-state index in [9.17, 15) is 0 Å². The molecule has 0 heterocycles. The van der Waals surface area contributed by atoms with Crippen molar-refractivity contribution in [2.45, 2.75) is 52.9 Å². The van der Waals surface area contributed by atoms with Gasteiger partial charge in [0, 0.05) is 10.6 Å². The molecule has 0 aliphatic carbocycles. The zero-order chi connectivity index (χ0) is 29.9. The highest BCUT2D eigenvalue weighted by Gasteiger charge is 2.35. The van der Waals surface area contributed by atoms with Gasteiger partial charge in [-0.2, -0.15) is 0 Å². The van der Waals surface area contributed by atoms with Crippen LogP contribution in [0.1, 0.15) is 41.5 Å². The molecule has 4 aromatic rings. The van der Waals surface area contributed by atoms with Crippen LogP contribution in [0.15, 0.2) is 97.1 Å². The van der Waals surface area contributed by atoms with E-state index < -0.39 is 15.8 Å². The molecular formula is C36H44O4P2. The first-order chi connectivity index (χ1) is 20.5. The normalized spacial score (nSPS) is 12.7. The third kappa shape index (κ3) is 7.66. The predicted octanol–water partition coefficient (Wildman–Crippen LogP) is 7.62. The Morgan fingerprint density at radius 3 is 1.19 bits per heavy atom. The Bertz CT molecular complexity index is 1280. The molecule has 0 saturated carbocycles. The third-order valence-electron chi connectivity index (χ3n) is 7.21. The topological polar surface area (TPSA) is 36.9 Å². The van der Waals surface area contributed by atoms with Crippen molar-refractivity contribution in [2.75, 3.05) is 26.4 Å². The minimum Gasteiger partial charge on any atom is -0.494 e. The van der Waals surface area contributed by atoms with Gasteiger partial charge in [0.2, 0.25) is 0 Å². The second-order valence-electron chi connectivity index (χ2n) is 9.88. The molecule has 42 heavy (non-hydrogen) atoms. The van der Waals surface area contributed by atoms with Crippen LogP contribution in [0.5, 0.6) is 23.0 Å². The first-order valence-corrected chi connectivity index (χ1v) is 17.8. The average Bonchev–Trinajstić information content (AvgIpc) is 3.01. The van der Waals surface area contributed by atoms with E-state index in [1.165, 1.54) is 21.2 Å². The van der Waals surface area contributed by atoms with Crippen molar-refractivity contribution in [3.8, 4) is 23.0 Å². The number of hydrogen-bond acceptors (Lipinski definition) is 4. The monoisotopic (exact) mass is 602 g/mol. The Hall–Kier alpha value is -3.06. The van der Waals surface area contributed by atoms with Gasteiger partial charge in [0.1, 0.15) is 23.0 Å². The molecule has 0 bridgehead atoms. The van der Waals surface area contributed by atoms with Crippen LogP contribution in [0.2, 0.25) is 0 Å². The molecule has 0 fully saturated rings. The highest BCUT2D eigenvalue weighted by molar-refractivity contribution is 7.77. The fourth-order valence-electron chi connectivity index (χ4n) is 5.23. The minimum atomic E-state index is -0.836. The Kier molecular flexibility index (Phi) is 12.1. The van der Waals surface area contributed by atoms with Gasteiger partial charge in [0.15, 0.2) is 0 Å². The molecule has 0 radical (unpaired) electrons. The lowest BCUT2D eigenvalue weighted by molar-refractivity contribution is 0.340. The highest BCUT2D eigenvalue weighted by Crippen LogP contribution is 2.53. The van der Waals surface area contributed by atoms with Gasteiger partial charge in [-0.1, -0.05) is 74.5 Å². The standard InChI is InChI=1S/C36H44O4P2/c1-7-37-29-19-23-31(24-20-29)41(32-25-21-30(22-26-32)38-8-2)27(5)28(6)42(35-17-13-11-15-33(35)39-9-3)36-18-14-12-16-34(36)40-10-4/h11-28H,7-10H2,1-6H3. The van der Waals surface area contributed by atoms with Crippen LogP contribution in [-0.2, 0) is 0 Å². The summed E-state index contributed by atoms with van der Waals surface area (Å²) in [6.45, 7) is 15.6. The van der Waals surface area contributed by atoms with Crippen molar-refractivity contribution in [3.63, 3.8) is 0 Å². The molecule has 0 saturated heterocycles. The molecule has 0 N–H and O–H groups in total. The Balaban J connectivity index is 1.84. The van der Waals surface area contributed by atoms with Crippen LogP contribution in [0, 0.1) is 0 Å². The maximum atomic E-state index is 6.22. The summed E-state index contributed by atoms with van der Waals surface area (Å²) in [7, 11) is -1.56. The van der Waals surface area contributed by atoms with Gasteiger partial charge in [-0.05, 0) is 102 Å². The first-order valence-electron chi connectivity index (χ1n) is 15.0. The van der Waals surface area contributed by atoms with Gasteiger partial charge in [-0.25, -0.2) is 0 Å². The molecule has 0 aromatic heterocycles. The van der Waals surface area contributed by atoms with Crippen molar-refractivity contribution in [1.29, 1.82) is 0 Å². The van der Waals surface area contributed by atoms with Crippen molar-refractivity contribution in [1.82, 2.24) is 0 Å². The number of benzene rings is 4. The van der Waals surface area contributed by atoms with Crippen LogP contribution in [0.3, 0.4) is 0 Å². The van der Waals surface area contributed by atoms with Gasteiger partial charge >= 0.3 is 0 Å². The zero-order valence-corrected chi connectivity index (χ0v) is 27.5. The number of para-hydroxylation sites is 2. The highest BCUT2D eigenvalue weighted by atomic mass is 31.1. The summed E-state index contributed by atoms with van der Waals surface area (Å²) < 4.78 is 24.0. The molecule has 6 heteroatoms. The van der Waals surface area contributed by atoms with Crippen LogP contribution >= 0.6 is 15.8 Å². The fraction of sp³-hybridized carbons (Fsp3) is 0.333. The average molecular weight is 603 g/mol. The smallest absolute Gasteiger partial charge is 0.127 e. The molecule has 4 nitrogen and oxygen atoms in total. The van der Waals surface area contributed by atoms with Gasteiger partial charge < -0.3 is 18.9 Å². The van der Waals surface area contributed by atoms with Crippen LogP contribution in [0.4, 0.5) is 0 Å². The fourth-order valence-corrected chi connectivity index (χ4v) is 11.5. The molecule has 4 rings (SSSR count). The van der Waals surface area contributed by atoms with Crippen LogP contribution in [0.25, 0.3) is 0 Å².